The quantitative estimate of drug-likeness (QED) is 0.433. The Kier molecular flexibility index (Phi) is 6.09. The summed E-state index contributed by atoms with van der Waals surface area (Å²) in [6, 6.07) is -1.87. The average Bonchev–Trinajstić information content (AvgIpc) is 2.44. The molecular weight excluding hydrogens is 354 g/mol. The Morgan fingerprint density at radius 2 is 1.58 bits per heavy atom. The summed E-state index contributed by atoms with van der Waals surface area (Å²) in [7, 11) is 0. The molecule has 0 aliphatic carbocycles. The molecule has 10 heteroatoms. The van der Waals surface area contributed by atoms with Crippen LogP contribution < -0.4 is 5.32 Å². The lowest BCUT2D eigenvalue weighted by Crippen LogP contribution is -2.45. The van der Waals surface area contributed by atoms with Gasteiger partial charge in [-0.25, -0.2) is 27.2 Å². The fraction of sp³-hybridized carbons (Fsp3) is 0.429. The summed E-state index contributed by atoms with van der Waals surface area (Å²) in [5.74, 6) is -8.75. The normalized spacial score (nSPS) is 12.7. The van der Waals surface area contributed by atoms with Crippen LogP contribution in [0, 0.1) is 23.3 Å². The van der Waals surface area contributed by atoms with Crippen molar-refractivity contribution in [2.75, 3.05) is 0 Å². The van der Waals surface area contributed by atoms with Crippen LogP contribution in [-0.4, -0.2) is 28.8 Å². The molecule has 1 aromatic carbocycles. The molecule has 0 radical (unpaired) electrons. The molecule has 0 bridgehead atoms. The molecule has 1 amide bonds. The van der Waals surface area contributed by atoms with Gasteiger partial charge in [0.05, 0.1) is 4.90 Å². The zero-order valence-corrected chi connectivity index (χ0v) is 13.8. The molecule has 1 aromatic rings. The van der Waals surface area contributed by atoms with Crippen molar-refractivity contribution in [1.29, 1.82) is 0 Å². The van der Waals surface area contributed by atoms with Gasteiger partial charge in [-0.15, -0.1) is 12.6 Å². The summed E-state index contributed by atoms with van der Waals surface area (Å²) < 4.78 is 59.3. The fourth-order valence-corrected chi connectivity index (χ4v) is 1.90. The molecule has 0 aliphatic heterocycles. The SMILES string of the molecule is CC(C)(C)OC(=O)N[C@@H](Cc1c(F)c(F)c(S)c(F)c1F)C(=O)O. The number of aliphatic carboxylic acids is 1. The molecule has 5 nitrogen and oxygen atoms in total. The van der Waals surface area contributed by atoms with E-state index in [9.17, 15) is 27.2 Å². The third-order valence-corrected chi connectivity index (χ3v) is 3.12. The van der Waals surface area contributed by atoms with E-state index in [1.165, 1.54) is 20.8 Å². The van der Waals surface area contributed by atoms with Crippen LogP contribution in [0.1, 0.15) is 26.3 Å². The second-order valence-corrected chi connectivity index (χ2v) is 6.27. The number of carbonyl (C=O) groups is 2. The third-order valence-electron chi connectivity index (χ3n) is 2.73. The number of nitrogens with one attached hydrogen (secondary N) is 1. The van der Waals surface area contributed by atoms with Gasteiger partial charge in [0.15, 0.2) is 23.3 Å². The van der Waals surface area contributed by atoms with E-state index < -0.39 is 63.9 Å². The van der Waals surface area contributed by atoms with E-state index in [1.54, 1.807) is 0 Å². The molecule has 2 N–H and O–H groups in total. The highest BCUT2D eigenvalue weighted by Gasteiger charge is 2.30. The molecule has 0 saturated carbocycles. The predicted molar refractivity (Wildman–Crippen MR) is 78.0 cm³/mol. The minimum Gasteiger partial charge on any atom is -0.480 e. The van der Waals surface area contributed by atoms with E-state index >= 15 is 0 Å². The summed E-state index contributed by atoms with van der Waals surface area (Å²) >= 11 is 3.30. The monoisotopic (exact) mass is 369 g/mol. The second-order valence-electron chi connectivity index (χ2n) is 5.82. The molecule has 0 heterocycles. The third kappa shape index (κ3) is 4.76. The first kappa shape index (κ1) is 20.1. The van der Waals surface area contributed by atoms with Crippen LogP contribution >= 0.6 is 12.6 Å². The molecule has 0 saturated heterocycles. The Balaban J connectivity index is 3.11. The fourth-order valence-electron chi connectivity index (χ4n) is 1.70. The number of benzene rings is 1. The summed E-state index contributed by atoms with van der Waals surface area (Å²) in [5, 5.41) is 10.9. The maximum atomic E-state index is 13.8. The minimum atomic E-state index is -1.87. The number of amides is 1. The van der Waals surface area contributed by atoms with Crippen molar-refractivity contribution in [2.24, 2.45) is 0 Å². The molecule has 0 aromatic heterocycles. The molecule has 0 spiro atoms. The first-order chi connectivity index (χ1) is 10.8. The van der Waals surface area contributed by atoms with Gasteiger partial charge in [-0.2, -0.15) is 0 Å². The first-order valence-electron chi connectivity index (χ1n) is 6.61. The van der Waals surface area contributed by atoms with Crippen molar-refractivity contribution in [3.63, 3.8) is 0 Å². The Morgan fingerprint density at radius 3 is 1.96 bits per heavy atom. The Labute approximate surface area is 140 Å². The smallest absolute Gasteiger partial charge is 0.408 e. The van der Waals surface area contributed by atoms with Gasteiger partial charge in [-0.1, -0.05) is 0 Å². The topological polar surface area (TPSA) is 75.6 Å². The van der Waals surface area contributed by atoms with Gasteiger partial charge < -0.3 is 15.2 Å². The second kappa shape index (κ2) is 7.29. The van der Waals surface area contributed by atoms with E-state index in [2.05, 4.69) is 12.6 Å². The highest BCUT2D eigenvalue weighted by atomic mass is 32.1. The van der Waals surface area contributed by atoms with E-state index in [-0.39, 0.29) is 0 Å². The lowest BCUT2D eigenvalue weighted by Gasteiger charge is -2.22. The van der Waals surface area contributed by atoms with Crippen LogP contribution in [0.15, 0.2) is 4.90 Å². The van der Waals surface area contributed by atoms with Gasteiger partial charge in [0.2, 0.25) is 0 Å². The number of hydrogen-bond acceptors (Lipinski definition) is 4. The lowest BCUT2D eigenvalue weighted by molar-refractivity contribution is -0.139. The standard InChI is InChI=1S/C14H15F4NO4S/c1-14(2,3)23-13(22)19-6(12(20)21)4-5-7(15)9(17)11(24)10(18)8(5)16/h6,24H,4H2,1-3H3,(H,19,22)(H,20,21)/t6-/m0/s1. The van der Waals surface area contributed by atoms with Crippen molar-refractivity contribution >= 4 is 24.7 Å². The number of carboxylic acids is 1. The van der Waals surface area contributed by atoms with Crippen LogP contribution in [0.5, 0.6) is 0 Å². The van der Waals surface area contributed by atoms with Crippen molar-refractivity contribution in [2.45, 2.75) is 43.7 Å². The van der Waals surface area contributed by atoms with Gasteiger partial charge in [0.1, 0.15) is 11.6 Å². The maximum absolute atomic E-state index is 13.8. The van der Waals surface area contributed by atoms with Crippen LogP contribution in [0.25, 0.3) is 0 Å². The van der Waals surface area contributed by atoms with Gasteiger partial charge in [-0.3, -0.25) is 0 Å². The molecule has 0 fully saturated rings. The zero-order valence-electron chi connectivity index (χ0n) is 12.9. The van der Waals surface area contributed by atoms with E-state index in [1.807, 2.05) is 5.32 Å². The Morgan fingerprint density at radius 1 is 1.12 bits per heavy atom. The van der Waals surface area contributed by atoms with E-state index in [4.69, 9.17) is 9.84 Å². The first-order valence-corrected chi connectivity index (χ1v) is 7.06. The van der Waals surface area contributed by atoms with E-state index in [0.717, 1.165) is 0 Å². The Bertz CT molecular complexity index is 647. The molecule has 0 aliphatic rings. The molecule has 134 valence electrons. The van der Waals surface area contributed by atoms with E-state index in [0.29, 0.717) is 0 Å². The summed E-state index contributed by atoms with van der Waals surface area (Å²) in [6.07, 6.45) is -2.20. The molecule has 1 atom stereocenters. The van der Waals surface area contributed by atoms with Gasteiger partial charge in [0, 0.05) is 12.0 Å². The number of carboxylic acid groups (broad SMARTS) is 1. The molecular formula is C14H15F4NO4S. The number of alkyl carbamates (subject to hydrolysis) is 1. The van der Waals surface area contributed by atoms with Crippen LogP contribution in [-0.2, 0) is 16.0 Å². The summed E-state index contributed by atoms with van der Waals surface area (Å²) in [6.45, 7) is 4.54. The zero-order chi connectivity index (χ0) is 18.8. The number of thiol groups is 1. The summed E-state index contributed by atoms with van der Waals surface area (Å²) in [4.78, 5) is 21.6. The summed E-state index contributed by atoms with van der Waals surface area (Å²) in [5.41, 5.74) is -2.11. The minimum absolute atomic E-state index is 0.949. The number of ether oxygens (including phenoxy) is 1. The van der Waals surface area contributed by atoms with Gasteiger partial charge >= 0.3 is 12.1 Å². The van der Waals surface area contributed by atoms with Crippen molar-refractivity contribution in [3.05, 3.63) is 28.8 Å². The van der Waals surface area contributed by atoms with Crippen LogP contribution in [0.4, 0.5) is 22.4 Å². The molecule has 0 unspecified atom stereocenters. The highest BCUT2D eigenvalue weighted by molar-refractivity contribution is 7.80. The Hall–Kier alpha value is -1.97. The van der Waals surface area contributed by atoms with Crippen LogP contribution in [0.3, 0.4) is 0 Å². The molecule has 1 rings (SSSR count). The van der Waals surface area contributed by atoms with Crippen molar-refractivity contribution in [1.82, 2.24) is 5.32 Å². The van der Waals surface area contributed by atoms with Crippen molar-refractivity contribution in [3.8, 4) is 0 Å². The van der Waals surface area contributed by atoms with Gasteiger partial charge in [0.25, 0.3) is 0 Å². The molecule has 24 heavy (non-hydrogen) atoms. The number of halogens is 4. The van der Waals surface area contributed by atoms with Crippen LogP contribution in [0.2, 0.25) is 0 Å². The maximum Gasteiger partial charge on any atom is 0.408 e. The number of rotatable bonds is 4. The largest absolute Gasteiger partial charge is 0.480 e. The predicted octanol–water partition coefficient (Wildman–Crippen LogP) is 3.05. The lowest BCUT2D eigenvalue weighted by atomic mass is 10.0. The van der Waals surface area contributed by atoms with Crippen molar-refractivity contribution < 1.29 is 37.0 Å². The number of carbonyl (C=O) groups excluding carboxylic acids is 1. The number of hydrogen-bond donors (Lipinski definition) is 3. The van der Waals surface area contributed by atoms with Gasteiger partial charge in [-0.05, 0) is 20.8 Å². The average molecular weight is 369 g/mol. The highest BCUT2D eigenvalue weighted by Crippen LogP contribution is 2.27.